The van der Waals surface area contributed by atoms with E-state index < -0.39 is 0 Å². The van der Waals surface area contributed by atoms with Crippen LogP contribution < -0.4 is 5.30 Å². The zero-order valence-corrected chi connectivity index (χ0v) is 15.6. The standard InChI is InChI=1S/C21H30NOP/c1-3-9-17(10-4-1)24(18-11-5-2-6-12-18)20-14-8-7-13-19(20)21-22-15-16-23-21/h7-8,13-14,17-18H,1-6,9-12,15-16H2. The molecule has 3 heteroatoms. The summed E-state index contributed by atoms with van der Waals surface area (Å²) in [5, 5.41) is 1.60. The molecule has 4 rings (SSSR count). The van der Waals surface area contributed by atoms with Gasteiger partial charge in [0.15, 0.2) is 0 Å². The van der Waals surface area contributed by atoms with Crippen molar-refractivity contribution in [1.82, 2.24) is 0 Å². The molecular formula is C21H30NOP. The molecule has 1 aromatic carbocycles. The summed E-state index contributed by atoms with van der Waals surface area (Å²) in [6.07, 6.45) is 14.4. The van der Waals surface area contributed by atoms with Gasteiger partial charge in [0.05, 0.1) is 6.54 Å². The van der Waals surface area contributed by atoms with Crippen LogP contribution in [-0.4, -0.2) is 30.4 Å². The molecule has 0 unspecified atom stereocenters. The molecule has 2 fully saturated rings. The Hall–Kier alpha value is -0.880. The van der Waals surface area contributed by atoms with Gasteiger partial charge < -0.3 is 4.74 Å². The van der Waals surface area contributed by atoms with Crippen molar-refractivity contribution in [3.63, 3.8) is 0 Å². The van der Waals surface area contributed by atoms with Gasteiger partial charge >= 0.3 is 0 Å². The first-order chi connectivity index (χ1) is 11.9. The van der Waals surface area contributed by atoms with E-state index in [1.807, 2.05) is 0 Å². The van der Waals surface area contributed by atoms with Crippen molar-refractivity contribution in [1.29, 1.82) is 0 Å². The summed E-state index contributed by atoms with van der Waals surface area (Å²) in [5.41, 5.74) is 3.18. The largest absolute Gasteiger partial charge is 0.475 e. The molecule has 0 N–H and O–H groups in total. The van der Waals surface area contributed by atoms with Gasteiger partial charge in [-0.25, -0.2) is 4.99 Å². The molecule has 1 aromatic rings. The minimum atomic E-state index is -0.0898. The maximum Gasteiger partial charge on any atom is 0.216 e. The van der Waals surface area contributed by atoms with Crippen LogP contribution in [0.25, 0.3) is 0 Å². The molecule has 0 aromatic heterocycles. The third kappa shape index (κ3) is 3.54. The van der Waals surface area contributed by atoms with Crippen molar-refractivity contribution >= 4 is 19.1 Å². The van der Waals surface area contributed by atoms with Crippen LogP contribution >= 0.6 is 7.92 Å². The third-order valence-corrected chi connectivity index (χ3v) is 9.49. The summed E-state index contributed by atoms with van der Waals surface area (Å²) in [6.45, 7) is 1.59. The van der Waals surface area contributed by atoms with Gasteiger partial charge in [0.1, 0.15) is 6.61 Å². The first-order valence-corrected chi connectivity index (χ1v) is 11.5. The van der Waals surface area contributed by atoms with Crippen LogP contribution in [0.15, 0.2) is 29.3 Å². The van der Waals surface area contributed by atoms with Crippen molar-refractivity contribution in [3.05, 3.63) is 29.8 Å². The number of rotatable bonds is 4. The van der Waals surface area contributed by atoms with Crippen molar-refractivity contribution in [2.24, 2.45) is 4.99 Å². The van der Waals surface area contributed by atoms with E-state index in [1.165, 1.54) is 69.8 Å². The first kappa shape index (κ1) is 16.6. The zero-order valence-electron chi connectivity index (χ0n) is 14.8. The lowest BCUT2D eigenvalue weighted by molar-refractivity contribution is 0.348. The third-order valence-electron chi connectivity index (χ3n) is 5.93. The molecule has 0 radical (unpaired) electrons. The first-order valence-electron chi connectivity index (χ1n) is 9.98. The molecule has 0 saturated heterocycles. The summed E-state index contributed by atoms with van der Waals surface area (Å²) < 4.78 is 5.86. The Balaban J connectivity index is 1.69. The second kappa shape index (κ2) is 8.00. The van der Waals surface area contributed by atoms with E-state index in [1.54, 1.807) is 5.30 Å². The molecule has 1 aliphatic heterocycles. The molecular weight excluding hydrogens is 313 g/mol. The number of hydrogen-bond acceptors (Lipinski definition) is 2. The van der Waals surface area contributed by atoms with Crippen LogP contribution in [0.4, 0.5) is 0 Å². The van der Waals surface area contributed by atoms with E-state index in [-0.39, 0.29) is 7.92 Å². The lowest BCUT2D eigenvalue weighted by atomic mass is 9.99. The maximum absolute atomic E-state index is 5.86. The molecule has 1 heterocycles. The molecule has 2 aliphatic carbocycles. The van der Waals surface area contributed by atoms with Gasteiger partial charge in [-0.2, -0.15) is 0 Å². The summed E-state index contributed by atoms with van der Waals surface area (Å²) in [7, 11) is -0.0898. The van der Waals surface area contributed by atoms with E-state index in [9.17, 15) is 0 Å². The number of nitrogens with zero attached hydrogens (tertiary/aromatic N) is 1. The summed E-state index contributed by atoms with van der Waals surface area (Å²) >= 11 is 0. The topological polar surface area (TPSA) is 21.6 Å². The van der Waals surface area contributed by atoms with Crippen molar-refractivity contribution in [2.45, 2.75) is 75.5 Å². The molecule has 0 bridgehead atoms. The molecule has 24 heavy (non-hydrogen) atoms. The minimum absolute atomic E-state index is 0.0898. The maximum atomic E-state index is 5.86. The van der Waals surface area contributed by atoms with Crippen LogP contribution in [0.3, 0.4) is 0 Å². The van der Waals surface area contributed by atoms with Crippen LogP contribution in [0, 0.1) is 0 Å². The van der Waals surface area contributed by atoms with Gasteiger partial charge in [0, 0.05) is 5.56 Å². The molecule has 130 valence electrons. The molecule has 0 amide bonds. The fourth-order valence-electron chi connectivity index (χ4n) is 4.79. The normalized spacial score (nSPS) is 23.3. The summed E-state index contributed by atoms with van der Waals surface area (Å²) in [6, 6.07) is 9.09. The number of aliphatic imine (C=N–C) groups is 1. The van der Waals surface area contributed by atoms with Gasteiger partial charge in [-0.1, -0.05) is 64.6 Å². The highest BCUT2D eigenvalue weighted by atomic mass is 31.1. The second-order valence-electron chi connectivity index (χ2n) is 7.54. The number of ether oxygens (including phenoxy) is 1. The summed E-state index contributed by atoms with van der Waals surface area (Å²) in [4.78, 5) is 4.64. The molecule has 2 saturated carbocycles. The lowest BCUT2D eigenvalue weighted by Crippen LogP contribution is -2.29. The van der Waals surface area contributed by atoms with E-state index >= 15 is 0 Å². The van der Waals surface area contributed by atoms with E-state index in [0.29, 0.717) is 0 Å². The Bertz CT molecular complexity index is 555. The van der Waals surface area contributed by atoms with Crippen LogP contribution in [-0.2, 0) is 4.74 Å². The Kier molecular flexibility index (Phi) is 5.53. The van der Waals surface area contributed by atoms with Crippen molar-refractivity contribution in [2.75, 3.05) is 13.2 Å². The van der Waals surface area contributed by atoms with Crippen molar-refractivity contribution in [3.8, 4) is 0 Å². The molecule has 0 spiro atoms. The molecule has 3 aliphatic rings. The van der Waals surface area contributed by atoms with Gasteiger partial charge in [-0.05, 0) is 48.4 Å². The van der Waals surface area contributed by atoms with E-state index in [0.717, 1.165) is 30.4 Å². The average molecular weight is 343 g/mol. The average Bonchev–Trinajstić information content (AvgIpc) is 3.19. The fraction of sp³-hybridized carbons (Fsp3) is 0.667. The van der Waals surface area contributed by atoms with Crippen LogP contribution in [0.2, 0.25) is 0 Å². The SMILES string of the molecule is c1ccc(P(C2CCCCC2)C2CCCCC2)c(C2=NCCO2)c1. The van der Waals surface area contributed by atoms with Gasteiger partial charge in [-0.15, -0.1) is 0 Å². The van der Waals surface area contributed by atoms with Crippen LogP contribution in [0.1, 0.15) is 69.8 Å². The van der Waals surface area contributed by atoms with Crippen molar-refractivity contribution < 1.29 is 4.74 Å². The Morgan fingerprint density at radius 2 is 1.46 bits per heavy atom. The number of benzene rings is 1. The predicted octanol–water partition coefficient (Wildman–Crippen LogP) is 5.24. The van der Waals surface area contributed by atoms with Gasteiger partial charge in [0.2, 0.25) is 5.90 Å². The van der Waals surface area contributed by atoms with E-state index in [4.69, 9.17) is 4.74 Å². The fourth-order valence-corrected chi connectivity index (χ4v) is 8.72. The summed E-state index contributed by atoms with van der Waals surface area (Å²) in [5.74, 6) is 0.921. The highest BCUT2D eigenvalue weighted by Crippen LogP contribution is 2.55. The zero-order chi connectivity index (χ0) is 16.2. The second-order valence-corrected chi connectivity index (χ2v) is 10.3. The predicted molar refractivity (Wildman–Crippen MR) is 104 cm³/mol. The quantitative estimate of drug-likeness (QED) is 0.686. The Morgan fingerprint density at radius 3 is 2.04 bits per heavy atom. The highest BCUT2D eigenvalue weighted by Gasteiger charge is 2.34. The smallest absolute Gasteiger partial charge is 0.216 e. The minimum Gasteiger partial charge on any atom is -0.475 e. The van der Waals surface area contributed by atoms with Crippen LogP contribution in [0.5, 0.6) is 0 Å². The molecule has 2 nitrogen and oxygen atoms in total. The monoisotopic (exact) mass is 343 g/mol. The number of hydrogen-bond donors (Lipinski definition) is 0. The molecule has 0 atom stereocenters. The lowest BCUT2D eigenvalue weighted by Gasteiger charge is -2.39. The van der Waals surface area contributed by atoms with E-state index in [2.05, 4.69) is 29.3 Å². The van der Waals surface area contributed by atoms with Gasteiger partial charge in [0.25, 0.3) is 0 Å². The highest BCUT2D eigenvalue weighted by molar-refractivity contribution is 7.67. The Labute approximate surface area is 147 Å². The Morgan fingerprint density at radius 1 is 0.833 bits per heavy atom. The van der Waals surface area contributed by atoms with Gasteiger partial charge in [-0.3, -0.25) is 0 Å².